The summed E-state index contributed by atoms with van der Waals surface area (Å²) in [6, 6.07) is 12.3. The minimum atomic E-state index is -0.501. The van der Waals surface area contributed by atoms with Crippen LogP contribution in [0.25, 0.3) is 21.9 Å². The van der Waals surface area contributed by atoms with Gasteiger partial charge in [-0.2, -0.15) is 0 Å². The van der Waals surface area contributed by atoms with Gasteiger partial charge in [0.25, 0.3) is 0 Å². The molecule has 0 aliphatic carbocycles. The number of pyridine rings is 1. The second-order valence-electron chi connectivity index (χ2n) is 4.26. The molecule has 0 unspecified atom stereocenters. The summed E-state index contributed by atoms with van der Waals surface area (Å²) in [4.78, 5) is 14.7. The van der Waals surface area contributed by atoms with Crippen LogP contribution in [0.5, 0.6) is 0 Å². The maximum atomic E-state index is 13.7. The van der Waals surface area contributed by atoms with Crippen LogP contribution >= 0.6 is 0 Å². The second-order valence-corrected chi connectivity index (χ2v) is 4.26. The molecule has 3 heteroatoms. The predicted molar refractivity (Wildman–Crippen MR) is 72.5 cm³/mol. The van der Waals surface area contributed by atoms with Gasteiger partial charge in [0.15, 0.2) is 6.29 Å². The molecule has 0 aliphatic rings. The number of rotatable bonds is 2. The van der Waals surface area contributed by atoms with E-state index in [1.54, 1.807) is 18.5 Å². The molecule has 0 saturated heterocycles. The highest BCUT2D eigenvalue weighted by Crippen LogP contribution is 2.28. The first-order valence-electron chi connectivity index (χ1n) is 5.87. The van der Waals surface area contributed by atoms with Crippen molar-refractivity contribution < 1.29 is 9.18 Å². The van der Waals surface area contributed by atoms with Crippen molar-refractivity contribution in [3.8, 4) is 11.1 Å². The maximum absolute atomic E-state index is 13.7. The van der Waals surface area contributed by atoms with E-state index in [0.29, 0.717) is 6.29 Å². The Bertz CT molecular complexity index is 762. The topological polar surface area (TPSA) is 30.0 Å². The SMILES string of the molecule is O=Cc1ccc(-c2cccc3cnccc23)cc1F. The van der Waals surface area contributed by atoms with Crippen molar-refractivity contribution in [2.24, 2.45) is 0 Å². The zero-order valence-corrected chi connectivity index (χ0v) is 10.0. The van der Waals surface area contributed by atoms with Crippen molar-refractivity contribution in [3.05, 3.63) is 66.2 Å². The molecule has 0 aliphatic heterocycles. The fourth-order valence-electron chi connectivity index (χ4n) is 2.16. The van der Waals surface area contributed by atoms with Crippen LogP contribution in [0.2, 0.25) is 0 Å². The summed E-state index contributed by atoms with van der Waals surface area (Å²) in [7, 11) is 0. The largest absolute Gasteiger partial charge is 0.298 e. The van der Waals surface area contributed by atoms with Crippen LogP contribution in [0, 0.1) is 5.82 Å². The zero-order valence-electron chi connectivity index (χ0n) is 10.0. The average molecular weight is 251 g/mol. The van der Waals surface area contributed by atoms with Crippen LogP contribution in [0.3, 0.4) is 0 Å². The molecule has 0 fully saturated rings. The third kappa shape index (κ3) is 1.99. The highest BCUT2D eigenvalue weighted by molar-refractivity contribution is 5.96. The molecule has 3 aromatic rings. The number of aromatic nitrogens is 1. The van der Waals surface area contributed by atoms with Crippen LogP contribution in [0.4, 0.5) is 4.39 Å². The summed E-state index contributed by atoms with van der Waals surface area (Å²) in [5, 5.41) is 2.01. The number of fused-ring (bicyclic) bond motifs is 1. The molecular formula is C16H10FNO. The fourth-order valence-corrected chi connectivity index (χ4v) is 2.16. The molecule has 0 radical (unpaired) electrons. The van der Waals surface area contributed by atoms with Gasteiger partial charge in [-0.3, -0.25) is 9.78 Å². The van der Waals surface area contributed by atoms with Gasteiger partial charge in [-0.15, -0.1) is 0 Å². The van der Waals surface area contributed by atoms with E-state index in [9.17, 15) is 9.18 Å². The number of hydrogen-bond acceptors (Lipinski definition) is 2. The Morgan fingerprint density at radius 1 is 1.11 bits per heavy atom. The third-order valence-electron chi connectivity index (χ3n) is 3.12. The predicted octanol–water partition coefficient (Wildman–Crippen LogP) is 3.85. The van der Waals surface area contributed by atoms with Crippen LogP contribution in [-0.4, -0.2) is 11.3 Å². The number of carbonyl (C=O) groups excluding carboxylic acids is 1. The van der Waals surface area contributed by atoms with E-state index in [1.165, 1.54) is 12.1 Å². The van der Waals surface area contributed by atoms with Gasteiger partial charge < -0.3 is 0 Å². The van der Waals surface area contributed by atoms with Crippen LogP contribution in [-0.2, 0) is 0 Å². The molecule has 1 heterocycles. The van der Waals surface area contributed by atoms with E-state index in [1.807, 2.05) is 24.3 Å². The first-order valence-corrected chi connectivity index (χ1v) is 5.87. The molecule has 0 amide bonds. The van der Waals surface area contributed by atoms with Gasteiger partial charge >= 0.3 is 0 Å². The van der Waals surface area contributed by atoms with Crippen molar-refractivity contribution in [1.82, 2.24) is 4.98 Å². The number of benzene rings is 2. The summed E-state index contributed by atoms with van der Waals surface area (Å²) in [5.74, 6) is -0.501. The molecular weight excluding hydrogens is 241 g/mol. The smallest absolute Gasteiger partial charge is 0.152 e. The number of aldehydes is 1. The molecule has 0 bridgehead atoms. The summed E-state index contributed by atoms with van der Waals surface area (Å²) in [6.07, 6.45) is 4.00. The summed E-state index contributed by atoms with van der Waals surface area (Å²) >= 11 is 0. The molecule has 3 rings (SSSR count). The van der Waals surface area contributed by atoms with Crippen molar-refractivity contribution in [3.63, 3.8) is 0 Å². The summed E-state index contributed by atoms with van der Waals surface area (Å²) in [6.45, 7) is 0. The van der Waals surface area contributed by atoms with Crippen molar-refractivity contribution in [1.29, 1.82) is 0 Å². The highest BCUT2D eigenvalue weighted by Gasteiger charge is 2.07. The molecule has 92 valence electrons. The Kier molecular flexibility index (Phi) is 2.80. The average Bonchev–Trinajstić information content (AvgIpc) is 2.46. The highest BCUT2D eigenvalue weighted by atomic mass is 19.1. The van der Waals surface area contributed by atoms with Gasteiger partial charge in [0.1, 0.15) is 5.82 Å². The van der Waals surface area contributed by atoms with Crippen LogP contribution < -0.4 is 0 Å². The Balaban J connectivity index is 2.24. The van der Waals surface area contributed by atoms with Crippen LogP contribution in [0.1, 0.15) is 10.4 Å². The standard InChI is InChI=1S/C16H10FNO/c17-16-8-11(4-5-13(16)10-19)14-3-1-2-12-9-18-7-6-15(12)14/h1-10H. The number of hydrogen-bond donors (Lipinski definition) is 0. The molecule has 0 spiro atoms. The van der Waals surface area contributed by atoms with E-state index >= 15 is 0 Å². The minimum Gasteiger partial charge on any atom is -0.298 e. The Morgan fingerprint density at radius 2 is 2.00 bits per heavy atom. The first kappa shape index (κ1) is 11.5. The first-order chi connectivity index (χ1) is 9.29. The van der Waals surface area contributed by atoms with Gasteiger partial charge in [0.05, 0.1) is 5.56 Å². The van der Waals surface area contributed by atoms with Crippen molar-refractivity contribution in [2.45, 2.75) is 0 Å². The third-order valence-corrected chi connectivity index (χ3v) is 3.12. The molecule has 2 aromatic carbocycles. The molecule has 0 saturated carbocycles. The molecule has 0 N–H and O–H groups in total. The van der Waals surface area contributed by atoms with Gasteiger partial charge in [0, 0.05) is 17.8 Å². The summed E-state index contributed by atoms with van der Waals surface area (Å²) < 4.78 is 13.7. The van der Waals surface area contributed by atoms with Gasteiger partial charge in [-0.05, 0) is 34.7 Å². The lowest BCUT2D eigenvalue weighted by Crippen LogP contribution is -1.89. The molecule has 1 aromatic heterocycles. The molecule has 19 heavy (non-hydrogen) atoms. The lowest BCUT2D eigenvalue weighted by atomic mass is 9.98. The number of nitrogens with zero attached hydrogens (tertiary/aromatic N) is 1. The Morgan fingerprint density at radius 3 is 2.79 bits per heavy atom. The van der Waals surface area contributed by atoms with E-state index < -0.39 is 5.82 Å². The lowest BCUT2D eigenvalue weighted by molar-refractivity contribution is 0.112. The summed E-state index contributed by atoms with van der Waals surface area (Å²) in [5.41, 5.74) is 1.75. The lowest BCUT2D eigenvalue weighted by Gasteiger charge is -2.07. The molecule has 2 nitrogen and oxygen atoms in total. The fraction of sp³-hybridized carbons (Fsp3) is 0. The maximum Gasteiger partial charge on any atom is 0.152 e. The Hall–Kier alpha value is -2.55. The Labute approximate surface area is 109 Å². The second kappa shape index (κ2) is 4.61. The van der Waals surface area contributed by atoms with Gasteiger partial charge in [-0.1, -0.05) is 24.3 Å². The van der Waals surface area contributed by atoms with E-state index in [0.717, 1.165) is 21.9 Å². The zero-order chi connectivity index (χ0) is 13.2. The number of halogens is 1. The van der Waals surface area contributed by atoms with Gasteiger partial charge in [0.2, 0.25) is 0 Å². The normalized spacial score (nSPS) is 10.6. The van der Waals surface area contributed by atoms with Crippen molar-refractivity contribution in [2.75, 3.05) is 0 Å². The minimum absolute atomic E-state index is 0.0747. The monoisotopic (exact) mass is 251 g/mol. The quantitative estimate of drug-likeness (QED) is 0.647. The van der Waals surface area contributed by atoms with E-state index in [2.05, 4.69) is 4.98 Å². The number of carbonyl (C=O) groups is 1. The van der Waals surface area contributed by atoms with Crippen LogP contribution in [0.15, 0.2) is 54.9 Å². The molecule has 0 atom stereocenters. The van der Waals surface area contributed by atoms with Crippen molar-refractivity contribution >= 4 is 17.1 Å². The van der Waals surface area contributed by atoms with E-state index in [4.69, 9.17) is 0 Å². The van der Waals surface area contributed by atoms with Gasteiger partial charge in [-0.25, -0.2) is 4.39 Å². The van der Waals surface area contributed by atoms with E-state index in [-0.39, 0.29) is 5.56 Å².